The number of rotatable bonds is 25. The fourth-order valence-corrected chi connectivity index (χ4v) is 10.6. The summed E-state index contributed by atoms with van der Waals surface area (Å²) in [6.07, 6.45) is -45.1. The van der Waals surface area contributed by atoms with Crippen LogP contribution >= 0.6 is 0 Å². The molecule has 5 fully saturated rings. The lowest BCUT2D eigenvalue weighted by Crippen LogP contribution is -2.69. The Bertz CT molecular complexity index is 3020. The van der Waals surface area contributed by atoms with Crippen molar-refractivity contribution in [3.05, 3.63) is 95.6 Å². The number of benzene rings is 3. The van der Waals surface area contributed by atoms with E-state index >= 15 is 0 Å². The number of phenols is 2. The number of carbonyl (C=O) groups excluding carboxylic acids is 4. The van der Waals surface area contributed by atoms with Crippen molar-refractivity contribution < 1.29 is 167 Å². The third-order valence-corrected chi connectivity index (χ3v) is 15.5. The molecule has 5 heterocycles. The van der Waals surface area contributed by atoms with Gasteiger partial charge in [0.25, 0.3) is 0 Å². The molecular weight excluding hydrogens is 1250 g/mol. The molecule has 34 nitrogen and oxygen atoms in total. The van der Waals surface area contributed by atoms with Crippen LogP contribution in [-0.2, 0) is 76.0 Å². The number of phenolic OH excluding ortho intramolecular Hbond substituents is 2. The molecule has 0 amide bonds. The van der Waals surface area contributed by atoms with E-state index in [0.29, 0.717) is 0 Å². The zero-order valence-electron chi connectivity index (χ0n) is 49.6. The smallest absolute Gasteiger partial charge is 0.338 e. The third-order valence-electron chi connectivity index (χ3n) is 15.5. The molecule has 3 aromatic rings. The molecule has 0 saturated carbocycles. The van der Waals surface area contributed by atoms with Gasteiger partial charge >= 0.3 is 23.9 Å². The van der Waals surface area contributed by atoms with Crippen LogP contribution < -0.4 is 9.47 Å². The van der Waals surface area contributed by atoms with Gasteiger partial charge < -0.3 is 148 Å². The number of carbonyl (C=O) groups is 4. The first kappa shape index (κ1) is 72.2. The van der Waals surface area contributed by atoms with Crippen molar-refractivity contribution in [2.75, 3.05) is 53.9 Å². The van der Waals surface area contributed by atoms with Crippen LogP contribution in [0.4, 0.5) is 0 Å². The minimum Gasteiger partial charge on any atom is -0.504 e. The molecule has 5 aliphatic rings. The standard InChI is InChI=1S/C59H74O34/c1-25(64)81-23-37-49(88-55-46(75)43(72)40(69)33(19-60)83-55)45(74)48(77)57(86-37)89-51-50(87-39(68)16-12-27-10-14-30(66)32(18-27)80-3)36(22-63)85-58(52(51)90-56-47(76)44(73)41(70)34(20-61)84-56)93-59(24-82-38(67)15-11-26-9-13-29(65)31(17-26)79-2)53(42(71)35(21-62)92-59)91-54(78)28-7-5-4-6-8-28/h4-18,33-37,40-53,55-58,60-63,65-66,69-77H,19-24H2,1-3H3/b15-11+,16-12+/t33-,34-,35-,36+,37+,40+,41+,42-,43+,44-,45-,46+,47+,48+,49+,50+,51-,52+,53+,55-,56+,57-,58+,59-/m0/s1. The number of aliphatic hydroxyl groups excluding tert-OH is 13. The summed E-state index contributed by atoms with van der Waals surface area (Å²) in [6, 6.07) is 15.0. The molecule has 514 valence electrons. The van der Waals surface area contributed by atoms with Gasteiger partial charge in [-0.3, -0.25) is 4.79 Å². The summed E-state index contributed by atoms with van der Waals surface area (Å²) in [6.45, 7) is -5.60. The maximum absolute atomic E-state index is 14.2. The van der Waals surface area contributed by atoms with E-state index < -0.39 is 210 Å². The van der Waals surface area contributed by atoms with Crippen molar-refractivity contribution in [1.29, 1.82) is 0 Å². The van der Waals surface area contributed by atoms with Crippen LogP contribution in [0.1, 0.15) is 28.4 Å². The summed E-state index contributed by atoms with van der Waals surface area (Å²) in [7, 11) is 2.52. The van der Waals surface area contributed by atoms with E-state index in [4.69, 9.17) is 71.1 Å². The van der Waals surface area contributed by atoms with E-state index in [0.717, 1.165) is 19.1 Å². The van der Waals surface area contributed by atoms with Crippen molar-refractivity contribution in [2.45, 2.75) is 154 Å². The number of aliphatic hydroxyl groups is 13. The second-order valence-electron chi connectivity index (χ2n) is 21.7. The van der Waals surface area contributed by atoms with Crippen molar-refractivity contribution >= 4 is 36.0 Å². The summed E-state index contributed by atoms with van der Waals surface area (Å²) in [4.78, 5) is 54.5. The fourth-order valence-electron chi connectivity index (χ4n) is 10.6. The van der Waals surface area contributed by atoms with Gasteiger partial charge in [0.05, 0.1) is 46.2 Å². The van der Waals surface area contributed by atoms with Crippen molar-refractivity contribution in [1.82, 2.24) is 0 Å². The number of ether oxygens (including phenoxy) is 15. The highest BCUT2D eigenvalue weighted by Crippen LogP contribution is 2.43. The zero-order chi connectivity index (χ0) is 67.6. The van der Waals surface area contributed by atoms with Crippen LogP contribution in [0.3, 0.4) is 0 Å². The Morgan fingerprint density at radius 1 is 0.495 bits per heavy atom. The zero-order valence-corrected chi connectivity index (χ0v) is 49.6. The SMILES string of the molecule is COc1cc(/C=C/C(=O)OC[C@@]2(O[C@H]3O[C@H](CO)[C@@H](OC(=O)/C=C/c4ccc(O)c(OC)c4)[C@H](O[C@@H]4O[C@H](COC(C)=O)[C@@H](O[C@@H]5O[C@@H](CO)[C@@H](O)[C@@H](O)[C@H]5O)[C@@H](O)[C@H]4O)[C@H]3O[C@H]3O[C@@H](CO)[C@@H](O)[C@H](O)[C@H]3O)O[C@@H](CO)[C@H](O)[C@H]2OC(=O)c2ccccc2)ccc1O. The first-order valence-corrected chi connectivity index (χ1v) is 28.8. The van der Waals surface area contributed by atoms with Gasteiger partial charge in [-0.05, 0) is 59.7 Å². The molecule has 3 aromatic carbocycles. The van der Waals surface area contributed by atoms with Gasteiger partial charge in [-0.2, -0.15) is 0 Å². The molecule has 0 spiro atoms. The molecule has 8 rings (SSSR count). The molecule has 24 atom stereocenters. The molecule has 0 radical (unpaired) electrons. The second kappa shape index (κ2) is 32.2. The first-order valence-electron chi connectivity index (χ1n) is 28.8. The molecule has 15 N–H and O–H groups in total. The summed E-state index contributed by atoms with van der Waals surface area (Å²) >= 11 is 0. The highest BCUT2D eigenvalue weighted by atomic mass is 16.8. The molecular formula is C59H74O34. The Morgan fingerprint density at radius 3 is 1.49 bits per heavy atom. The number of methoxy groups -OCH3 is 2. The van der Waals surface area contributed by atoms with Crippen LogP contribution in [0, 0.1) is 0 Å². The van der Waals surface area contributed by atoms with Crippen LogP contribution in [0.15, 0.2) is 78.9 Å². The molecule has 5 saturated heterocycles. The molecule has 0 unspecified atom stereocenters. The summed E-state index contributed by atoms with van der Waals surface area (Å²) in [5, 5.41) is 164. The quantitative estimate of drug-likeness (QED) is 0.0214. The lowest BCUT2D eigenvalue weighted by Gasteiger charge is -2.51. The Labute approximate surface area is 527 Å². The van der Waals surface area contributed by atoms with Crippen LogP contribution in [0.25, 0.3) is 12.2 Å². The van der Waals surface area contributed by atoms with E-state index in [1.165, 1.54) is 87.0 Å². The van der Waals surface area contributed by atoms with E-state index in [1.807, 2.05) is 0 Å². The van der Waals surface area contributed by atoms with Crippen LogP contribution in [0.2, 0.25) is 0 Å². The Kier molecular flexibility index (Phi) is 25.0. The monoisotopic (exact) mass is 1330 g/mol. The van der Waals surface area contributed by atoms with Crippen molar-refractivity contribution in [3.8, 4) is 23.0 Å². The summed E-state index contributed by atoms with van der Waals surface area (Å²) in [5.41, 5.74) is 0.355. The second-order valence-corrected chi connectivity index (χ2v) is 21.7. The van der Waals surface area contributed by atoms with E-state index in [2.05, 4.69) is 0 Å². The van der Waals surface area contributed by atoms with Gasteiger partial charge in [0.2, 0.25) is 5.79 Å². The van der Waals surface area contributed by atoms with E-state index in [1.54, 1.807) is 6.07 Å². The van der Waals surface area contributed by atoms with Crippen LogP contribution in [-0.4, -0.2) is 301 Å². The van der Waals surface area contributed by atoms with Gasteiger partial charge in [0.15, 0.2) is 60.4 Å². The summed E-state index contributed by atoms with van der Waals surface area (Å²) < 4.78 is 88.1. The predicted octanol–water partition coefficient (Wildman–Crippen LogP) is -5.53. The molecule has 93 heavy (non-hydrogen) atoms. The average Bonchev–Trinajstić information content (AvgIpc) is 1.74. The minimum absolute atomic E-state index is 0.0111. The third kappa shape index (κ3) is 16.7. The first-order chi connectivity index (χ1) is 44.4. The van der Waals surface area contributed by atoms with E-state index in [-0.39, 0.29) is 39.7 Å². The lowest BCUT2D eigenvalue weighted by atomic mass is 9.95. The number of aromatic hydroxyl groups is 2. The fraction of sp³-hybridized carbons (Fsp3) is 0.559. The van der Waals surface area contributed by atoms with Gasteiger partial charge in [0, 0.05) is 19.1 Å². The van der Waals surface area contributed by atoms with Gasteiger partial charge in [-0.15, -0.1) is 0 Å². The highest BCUT2D eigenvalue weighted by Gasteiger charge is 2.64. The number of hydrogen-bond acceptors (Lipinski definition) is 34. The molecule has 0 bridgehead atoms. The van der Waals surface area contributed by atoms with Crippen molar-refractivity contribution in [2.24, 2.45) is 0 Å². The van der Waals surface area contributed by atoms with E-state index in [9.17, 15) is 95.8 Å². The predicted molar refractivity (Wildman–Crippen MR) is 301 cm³/mol. The minimum atomic E-state index is -2.99. The highest BCUT2D eigenvalue weighted by molar-refractivity contribution is 5.90. The van der Waals surface area contributed by atoms with Crippen LogP contribution in [0.5, 0.6) is 23.0 Å². The summed E-state index contributed by atoms with van der Waals surface area (Å²) in [5.74, 6) is -8.24. The van der Waals surface area contributed by atoms with Gasteiger partial charge in [0.1, 0.15) is 117 Å². The average molecular weight is 1330 g/mol. The maximum Gasteiger partial charge on any atom is 0.338 e. The molecule has 34 heteroatoms. The normalized spacial score (nSPS) is 36.3. The molecule has 0 aromatic heterocycles. The number of esters is 4. The van der Waals surface area contributed by atoms with Gasteiger partial charge in [-0.1, -0.05) is 30.3 Å². The van der Waals surface area contributed by atoms with Gasteiger partial charge in [-0.25, -0.2) is 14.4 Å². The largest absolute Gasteiger partial charge is 0.504 e. The molecule has 0 aliphatic carbocycles. The maximum atomic E-state index is 14.2. The Balaban J connectivity index is 1.26. The Hall–Kier alpha value is -6.66. The topological polar surface area (TPSA) is 510 Å². The Morgan fingerprint density at radius 2 is 0.978 bits per heavy atom. The number of hydrogen-bond donors (Lipinski definition) is 15. The lowest BCUT2D eigenvalue weighted by molar-refractivity contribution is -0.423. The van der Waals surface area contributed by atoms with Crippen molar-refractivity contribution in [3.63, 3.8) is 0 Å². The molecule has 5 aliphatic heterocycles.